The highest BCUT2D eigenvalue weighted by atomic mass is 32.2. The van der Waals surface area contributed by atoms with Crippen LogP contribution in [-0.2, 0) is 17.9 Å². The van der Waals surface area contributed by atoms with Crippen molar-refractivity contribution in [2.75, 3.05) is 16.0 Å². The molecule has 1 aliphatic heterocycles. The number of aromatic nitrogens is 1. The molecule has 0 bridgehead atoms. The zero-order valence-electron chi connectivity index (χ0n) is 16.6. The van der Waals surface area contributed by atoms with E-state index in [1.807, 2.05) is 61.5 Å². The Morgan fingerprint density at radius 1 is 1.13 bits per heavy atom. The number of benzene rings is 2. The number of carbonyl (C=O) groups excluding carboxylic acids is 2. The predicted molar refractivity (Wildman–Crippen MR) is 120 cm³/mol. The Balaban J connectivity index is 1.47. The summed E-state index contributed by atoms with van der Waals surface area (Å²) in [7, 11) is 0. The fourth-order valence-electron chi connectivity index (χ4n) is 3.19. The van der Waals surface area contributed by atoms with Crippen molar-refractivity contribution in [1.29, 1.82) is 0 Å². The van der Waals surface area contributed by atoms with E-state index in [0.29, 0.717) is 24.5 Å². The topological polar surface area (TPSA) is 74.3 Å². The van der Waals surface area contributed by atoms with Gasteiger partial charge in [0.2, 0.25) is 5.91 Å². The molecule has 0 atom stereocenters. The summed E-state index contributed by atoms with van der Waals surface area (Å²) in [6.07, 6.45) is 3.41. The smallest absolute Gasteiger partial charge is 0.319 e. The van der Waals surface area contributed by atoms with Crippen LogP contribution < -0.4 is 15.5 Å². The molecule has 0 spiro atoms. The number of amides is 3. The molecule has 1 aliphatic rings. The van der Waals surface area contributed by atoms with E-state index in [2.05, 4.69) is 15.6 Å². The van der Waals surface area contributed by atoms with Crippen molar-refractivity contribution < 1.29 is 9.59 Å². The molecule has 152 valence electrons. The van der Waals surface area contributed by atoms with Crippen LogP contribution in [0.3, 0.4) is 0 Å². The molecule has 3 amide bonds. The van der Waals surface area contributed by atoms with Gasteiger partial charge in [-0.25, -0.2) is 4.79 Å². The normalized spacial score (nSPS) is 13.0. The highest BCUT2D eigenvalue weighted by molar-refractivity contribution is 8.00. The van der Waals surface area contributed by atoms with Gasteiger partial charge in [0.25, 0.3) is 0 Å². The number of thioether (sulfide) groups is 1. The lowest BCUT2D eigenvalue weighted by molar-refractivity contribution is -0.116. The van der Waals surface area contributed by atoms with Crippen LogP contribution in [0, 0.1) is 6.92 Å². The highest BCUT2D eigenvalue weighted by Crippen LogP contribution is 2.38. The van der Waals surface area contributed by atoms with Crippen LogP contribution in [0.25, 0.3) is 0 Å². The van der Waals surface area contributed by atoms with Gasteiger partial charge in [-0.1, -0.05) is 35.9 Å². The van der Waals surface area contributed by atoms with Crippen LogP contribution in [0.15, 0.2) is 71.9 Å². The summed E-state index contributed by atoms with van der Waals surface area (Å²) in [5.41, 5.74) is 4.63. The summed E-state index contributed by atoms with van der Waals surface area (Å²) < 4.78 is 0. The van der Waals surface area contributed by atoms with E-state index in [1.54, 1.807) is 17.3 Å². The van der Waals surface area contributed by atoms with Crippen LogP contribution in [0.1, 0.15) is 16.7 Å². The molecule has 0 aliphatic carbocycles. The molecule has 3 aromatic rings. The van der Waals surface area contributed by atoms with Crippen molar-refractivity contribution in [3.8, 4) is 0 Å². The van der Waals surface area contributed by atoms with Crippen molar-refractivity contribution in [3.05, 3.63) is 83.7 Å². The molecule has 0 saturated heterocycles. The maximum absolute atomic E-state index is 12.6. The van der Waals surface area contributed by atoms with E-state index in [4.69, 9.17) is 0 Å². The number of urea groups is 1. The molecule has 1 aromatic heterocycles. The Hall–Kier alpha value is -3.32. The number of hydrogen-bond donors (Lipinski definition) is 2. The van der Waals surface area contributed by atoms with Crippen LogP contribution in [0.4, 0.5) is 16.2 Å². The molecule has 4 rings (SSSR count). The van der Waals surface area contributed by atoms with E-state index in [0.717, 1.165) is 21.7 Å². The molecule has 7 heteroatoms. The summed E-state index contributed by atoms with van der Waals surface area (Å²) in [6, 6.07) is 17.3. The van der Waals surface area contributed by atoms with Crippen molar-refractivity contribution >= 4 is 35.1 Å². The molecule has 0 unspecified atom stereocenters. The van der Waals surface area contributed by atoms with E-state index in [1.165, 1.54) is 17.3 Å². The van der Waals surface area contributed by atoms with E-state index < -0.39 is 0 Å². The van der Waals surface area contributed by atoms with Crippen LogP contribution in [0.2, 0.25) is 0 Å². The Morgan fingerprint density at radius 2 is 1.97 bits per heavy atom. The van der Waals surface area contributed by atoms with Gasteiger partial charge in [-0.15, -0.1) is 11.8 Å². The van der Waals surface area contributed by atoms with Crippen molar-refractivity contribution in [2.45, 2.75) is 24.9 Å². The molecule has 2 N–H and O–H groups in total. The van der Waals surface area contributed by atoms with Gasteiger partial charge in [0.1, 0.15) is 0 Å². The van der Waals surface area contributed by atoms with E-state index in [9.17, 15) is 9.59 Å². The molecular weight excluding hydrogens is 396 g/mol. The third-order valence-corrected chi connectivity index (χ3v) is 5.84. The number of rotatable bonds is 5. The molecule has 0 saturated carbocycles. The third kappa shape index (κ3) is 4.80. The van der Waals surface area contributed by atoms with Gasteiger partial charge < -0.3 is 15.5 Å². The number of nitrogens with zero attached hydrogens (tertiary/aromatic N) is 2. The SMILES string of the molecule is Cc1ccc(CN2C(=O)CSc3ccc(NC(=O)NCc4cccnc4)cc32)cc1. The lowest BCUT2D eigenvalue weighted by Crippen LogP contribution is -2.35. The molecule has 30 heavy (non-hydrogen) atoms. The monoisotopic (exact) mass is 418 g/mol. The number of carbonyl (C=O) groups is 2. The number of fused-ring (bicyclic) bond motifs is 1. The third-order valence-electron chi connectivity index (χ3n) is 4.80. The van der Waals surface area contributed by atoms with Crippen LogP contribution in [0.5, 0.6) is 0 Å². The van der Waals surface area contributed by atoms with Crippen molar-refractivity contribution in [1.82, 2.24) is 10.3 Å². The number of nitrogens with one attached hydrogen (secondary N) is 2. The van der Waals surface area contributed by atoms with Gasteiger partial charge in [-0.05, 0) is 42.3 Å². The molecule has 2 aromatic carbocycles. The summed E-state index contributed by atoms with van der Waals surface area (Å²) in [5.74, 6) is 0.475. The minimum absolute atomic E-state index is 0.0613. The minimum Gasteiger partial charge on any atom is -0.334 e. The largest absolute Gasteiger partial charge is 0.334 e. The molecule has 0 radical (unpaired) electrons. The molecule has 6 nitrogen and oxygen atoms in total. The average Bonchev–Trinajstić information content (AvgIpc) is 2.76. The first-order valence-electron chi connectivity index (χ1n) is 9.65. The Labute approximate surface area is 179 Å². The Kier molecular flexibility index (Phi) is 5.99. The zero-order valence-corrected chi connectivity index (χ0v) is 17.4. The highest BCUT2D eigenvalue weighted by Gasteiger charge is 2.25. The molecule has 2 heterocycles. The summed E-state index contributed by atoms with van der Waals surface area (Å²) in [5, 5.41) is 5.67. The van der Waals surface area contributed by atoms with Crippen molar-refractivity contribution in [3.63, 3.8) is 0 Å². The quantitative estimate of drug-likeness (QED) is 0.646. The number of pyridine rings is 1. The minimum atomic E-state index is -0.307. The van der Waals surface area contributed by atoms with Crippen LogP contribution >= 0.6 is 11.8 Å². The number of aryl methyl sites for hydroxylation is 1. The number of anilines is 2. The summed E-state index contributed by atoms with van der Waals surface area (Å²) in [4.78, 5) is 31.8. The zero-order chi connectivity index (χ0) is 20.9. The summed E-state index contributed by atoms with van der Waals surface area (Å²) >= 11 is 1.52. The van der Waals surface area contributed by atoms with Crippen molar-refractivity contribution in [2.24, 2.45) is 0 Å². The second kappa shape index (κ2) is 9.00. The summed E-state index contributed by atoms with van der Waals surface area (Å²) in [6.45, 7) is 2.93. The fourth-order valence-corrected chi connectivity index (χ4v) is 4.11. The maximum Gasteiger partial charge on any atom is 0.319 e. The first-order chi connectivity index (χ1) is 14.6. The Morgan fingerprint density at radius 3 is 2.73 bits per heavy atom. The van der Waals surface area contributed by atoms with Gasteiger partial charge in [0.15, 0.2) is 0 Å². The van der Waals surface area contributed by atoms with Gasteiger partial charge in [-0.3, -0.25) is 9.78 Å². The molecular formula is C23H22N4O2S. The van der Waals surface area contributed by atoms with Gasteiger partial charge in [0, 0.05) is 29.5 Å². The standard InChI is InChI=1S/C23H22N4O2S/c1-16-4-6-17(7-5-16)14-27-20-11-19(8-9-21(20)30-15-22(27)28)26-23(29)25-13-18-3-2-10-24-12-18/h2-12H,13-15H2,1H3,(H2,25,26,29). The fraction of sp³-hybridized carbons (Fsp3) is 0.174. The van der Waals surface area contributed by atoms with E-state index in [-0.39, 0.29) is 11.9 Å². The predicted octanol–water partition coefficient (Wildman–Crippen LogP) is 4.35. The van der Waals surface area contributed by atoms with Gasteiger partial charge >= 0.3 is 6.03 Å². The second-order valence-corrected chi connectivity index (χ2v) is 8.12. The van der Waals surface area contributed by atoms with Gasteiger partial charge in [-0.2, -0.15) is 0 Å². The van der Waals surface area contributed by atoms with Gasteiger partial charge in [0.05, 0.1) is 18.0 Å². The first-order valence-corrected chi connectivity index (χ1v) is 10.6. The average molecular weight is 419 g/mol. The second-order valence-electron chi connectivity index (χ2n) is 7.11. The van der Waals surface area contributed by atoms with E-state index >= 15 is 0 Å². The van der Waals surface area contributed by atoms with Crippen LogP contribution in [-0.4, -0.2) is 22.7 Å². The lowest BCUT2D eigenvalue weighted by atomic mass is 10.1. The maximum atomic E-state index is 12.6. The molecule has 0 fully saturated rings. The lowest BCUT2D eigenvalue weighted by Gasteiger charge is -2.29. The number of hydrogen-bond acceptors (Lipinski definition) is 4. The first kappa shape index (κ1) is 20.0. The Bertz CT molecular complexity index is 1050.